The molecule has 1 aromatic carbocycles. The van der Waals surface area contributed by atoms with Gasteiger partial charge in [0, 0.05) is 23.6 Å². The van der Waals surface area contributed by atoms with Gasteiger partial charge in [0.15, 0.2) is 5.78 Å². The summed E-state index contributed by atoms with van der Waals surface area (Å²) < 4.78 is 12.1. The number of benzene rings is 1. The van der Waals surface area contributed by atoms with E-state index in [4.69, 9.17) is 21.1 Å². The third-order valence-electron chi connectivity index (χ3n) is 5.29. The van der Waals surface area contributed by atoms with Crippen LogP contribution in [0.1, 0.15) is 93.9 Å². The molecule has 31 heavy (non-hydrogen) atoms. The first-order valence-corrected chi connectivity index (χ1v) is 11.8. The average Bonchev–Trinajstić information content (AvgIpc) is 2.70. The maximum absolute atomic E-state index is 12.2. The fourth-order valence-electron chi connectivity index (χ4n) is 3.17. The van der Waals surface area contributed by atoms with E-state index in [1.807, 2.05) is 13.8 Å². The summed E-state index contributed by atoms with van der Waals surface area (Å²) in [6.45, 7) is 11.3. The zero-order valence-corrected chi connectivity index (χ0v) is 20.6. The molecule has 0 aliphatic rings. The van der Waals surface area contributed by atoms with E-state index in [0.717, 1.165) is 31.6 Å². The number of hydrogen-bond acceptors (Lipinski definition) is 4. The normalized spacial score (nSPS) is 12.1. The Bertz CT molecular complexity index is 671. The number of Topliss-reactive ketones (excluding diaryl/α,β-unsaturated/α-hetero) is 1. The molecule has 0 bridgehead atoms. The van der Waals surface area contributed by atoms with Crippen LogP contribution < -0.4 is 5.32 Å². The van der Waals surface area contributed by atoms with Crippen LogP contribution in [-0.4, -0.2) is 48.5 Å². The molecule has 0 unspecified atom stereocenters. The van der Waals surface area contributed by atoms with Crippen LogP contribution in [0.15, 0.2) is 24.3 Å². The second-order valence-corrected chi connectivity index (χ2v) is 9.59. The molecule has 0 fully saturated rings. The van der Waals surface area contributed by atoms with Crippen LogP contribution in [0, 0.1) is 0 Å². The van der Waals surface area contributed by atoms with Crippen molar-refractivity contribution in [1.82, 2.24) is 5.32 Å². The van der Waals surface area contributed by atoms with Crippen molar-refractivity contribution in [2.24, 2.45) is 0 Å². The number of unbranched alkanes of at least 4 members (excludes halogenated alkanes) is 3. The van der Waals surface area contributed by atoms with Crippen molar-refractivity contribution >= 4 is 23.3 Å². The van der Waals surface area contributed by atoms with Crippen molar-refractivity contribution < 1.29 is 19.1 Å². The molecule has 0 aromatic heterocycles. The second kappa shape index (κ2) is 13.9. The number of rotatable bonds is 16. The molecule has 0 saturated carbocycles. The largest absolute Gasteiger partial charge is 0.375 e. The number of nitrogens with one attached hydrogen (secondary N) is 1. The van der Waals surface area contributed by atoms with E-state index in [-0.39, 0.29) is 22.9 Å². The zero-order chi connectivity index (χ0) is 23.3. The Hall–Kier alpha value is -1.43. The van der Waals surface area contributed by atoms with Gasteiger partial charge in [-0.05, 0) is 66.0 Å². The molecule has 6 heteroatoms. The molecule has 1 rings (SSSR count). The van der Waals surface area contributed by atoms with Gasteiger partial charge >= 0.3 is 0 Å². The number of carbonyl (C=O) groups excluding carboxylic acids is 2. The second-order valence-electron chi connectivity index (χ2n) is 9.21. The van der Waals surface area contributed by atoms with Gasteiger partial charge in [-0.15, -0.1) is 11.6 Å². The first-order valence-electron chi connectivity index (χ1n) is 11.3. The summed E-state index contributed by atoms with van der Waals surface area (Å²) in [5.41, 5.74) is 0.661. The molecule has 0 heterocycles. The molecular formula is C25H40ClNO4. The van der Waals surface area contributed by atoms with Crippen molar-refractivity contribution in [2.45, 2.75) is 84.3 Å². The number of amides is 1. The summed E-state index contributed by atoms with van der Waals surface area (Å²) >= 11 is 5.72. The fraction of sp³-hybridized carbons (Fsp3) is 0.680. The van der Waals surface area contributed by atoms with Crippen LogP contribution in [0.25, 0.3) is 0 Å². The molecule has 0 saturated heterocycles. The highest BCUT2D eigenvalue weighted by Gasteiger charge is 2.22. The third kappa shape index (κ3) is 12.3. The Kier molecular flexibility index (Phi) is 12.3. The van der Waals surface area contributed by atoms with Gasteiger partial charge < -0.3 is 14.8 Å². The van der Waals surface area contributed by atoms with Crippen LogP contribution in [0.2, 0.25) is 0 Å². The van der Waals surface area contributed by atoms with E-state index < -0.39 is 0 Å². The van der Waals surface area contributed by atoms with Crippen LogP contribution in [0.5, 0.6) is 0 Å². The number of halogens is 1. The lowest BCUT2D eigenvalue weighted by Gasteiger charge is -2.30. The SMILES string of the molecule is CC(=O)c1ccc(C(=O)NCCOC(C)(C)CCOC(C)(C)CCCCCCCl)cc1. The summed E-state index contributed by atoms with van der Waals surface area (Å²) in [5, 5.41) is 2.85. The van der Waals surface area contributed by atoms with Gasteiger partial charge in [0.2, 0.25) is 0 Å². The van der Waals surface area contributed by atoms with Crippen molar-refractivity contribution in [1.29, 1.82) is 0 Å². The third-order valence-corrected chi connectivity index (χ3v) is 5.56. The predicted molar refractivity (Wildman–Crippen MR) is 127 cm³/mol. The Morgan fingerprint density at radius 2 is 1.39 bits per heavy atom. The lowest BCUT2D eigenvalue weighted by Crippen LogP contribution is -2.34. The van der Waals surface area contributed by atoms with Crippen LogP contribution in [-0.2, 0) is 9.47 Å². The number of ether oxygens (including phenoxy) is 2. The zero-order valence-electron chi connectivity index (χ0n) is 19.9. The van der Waals surface area contributed by atoms with E-state index in [9.17, 15) is 9.59 Å². The number of alkyl halides is 1. The fourth-order valence-corrected chi connectivity index (χ4v) is 3.36. The quantitative estimate of drug-likeness (QED) is 0.195. The Balaban J connectivity index is 2.24. The summed E-state index contributed by atoms with van der Waals surface area (Å²) in [6.07, 6.45) is 6.43. The van der Waals surface area contributed by atoms with Gasteiger partial charge in [0.1, 0.15) is 0 Å². The van der Waals surface area contributed by atoms with E-state index in [2.05, 4.69) is 19.2 Å². The highest BCUT2D eigenvalue weighted by Crippen LogP contribution is 2.22. The number of hydrogen-bond donors (Lipinski definition) is 1. The first kappa shape index (κ1) is 27.6. The molecule has 1 N–H and O–H groups in total. The molecule has 0 aliphatic carbocycles. The number of ketones is 1. The lowest BCUT2D eigenvalue weighted by atomic mass is 9.99. The molecule has 0 spiro atoms. The average molecular weight is 454 g/mol. The minimum atomic E-state index is -0.329. The van der Waals surface area contributed by atoms with Gasteiger partial charge in [0.25, 0.3) is 5.91 Å². The van der Waals surface area contributed by atoms with Gasteiger partial charge in [-0.3, -0.25) is 9.59 Å². The van der Waals surface area contributed by atoms with E-state index in [0.29, 0.717) is 30.9 Å². The van der Waals surface area contributed by atoms with Crippen LogP contribution in [0.3, 0.4) is 0 Å². The molecule has 0 atom stereocenters. The van der Waals surface area contributed by atoms with Crippen LogP contribution in [0.4, 0.5) is 0 Å². The van der Waals surface area contributed by atoms with Crippen molar-refractivity contribution in [3.05, 3.63) is 35.4 Å². The van der Waals surface area contributed by atoms with Crippen LogP contribution >= 0.6 is 11.6 Å². The highest BCUT2D eigenvalue weighted by molar-refractivity contribution is 6.17. The number of carbonyl (C=O) groups is 2. The van der Waals surface area contributed by atoms with Gasteiger partial charge in [-0.1, -0.05) is 31.4 Å². The van der Waals surface area contributed by atoms with E-state index in [1.54, 1.807) is 24.3 Å². The maximum Gasteiger partial charge on any atom is 0.251 e. The molecule has 1 aromatic rings. The highest BCUT2D eigenvalue weighted by atomic mass is 35.5. The first-order chi connectivity index (χ1) is 14.6. The summed E-state index contributed by atoms with van der Waals surface area (Å²) in [6, 6.07) is 6.65. The topological polar surface area (TPSA) is 64.6 Å². The van der Waals surface area contributed by atoms with Gasteiger partial charge in [-0.25, -0.2) is 0 Å². The van der Waals surface area contributed by atoms with Crippen molar-refractivity contribution in [2.75, 3.05) is 25.6 Å². The van der Waals surface area contributed by atoms with Crippen molar-refractivity contribution in [3.63, 3.8) is 0 Å². The van der Waals surface area contributed by atoms with E-state index in [1.165, 1.54) is 19.8 Å². The standard InChI is InChI=1S/C25H40ClNO4/c1-20(28)21-10-12-22(13-11-21)23(29)27-17-19-31-25(4,5)15-18-30-24(2,3)14-8-6-7-9-16-26/h10-13H,6-9,14-19H2,1-5H3,(H,27,29). The van der Waals surface area contributed by atoms with Gasteiger partial charge in [-0.2, -0.15) is 0 Å². The molecule has 1 amide bonds. The minimum absolute atomic E-state index is 0.0165. The monoisotopic (exact) mass is 453 g/mol. The summed E-state index contributed by atoms with van der Waals surface area (Å²) in [4.78, 5) is 23.5. The van der Waals surface area contributed by atoms with Crippen molar-refractivity contribution in [3.8, 4) is 0 Å². The molecule has 176 valence electrons. The minimum Gasteiger partial charge on any atom is -0.375 e. The summed E-state index contributed by atoms with van der Waals surface area (Å²) in [7, 11) is 0. The molecule has 5 nitrogen and oxygen atoms in total. The predicted octanol–water partition coefficient (Wildman–Crippen LogP) is 5.79. The Morgan fingerprint density at radius 3 is 2.00 bits per heavy atom. The molecule has 0 radical (unpaired) electrons. The van der Waals surface area contributed by atoms with Gasteiger partial charge in [0.05, 0.1) is 24.4 Å². The summed E-state index contributed by atoms with van der Waals surface area (Å²) in [5.74, 6) is 0.553. The van der Waals surface area contributed by atoms with E-state index >= 15 is 0 Å². The molecular weight excluding hydrogens is 414 g/mol. The molecule has 0 aliphatic heterocycles. The smallest absolute Gasteiger partial charge is 0.251 e. The maximum atomic E-state index is 12.2. The Labute approximate surface area is 193 Å². The Morgan fingerprint density at radius 1 is 0.839 bits per heavy atom. The lowest BCUT2D eigenvalue weighted by molar-refractivity contribution is -0.0738.